The quantitative estimate of drug-likeness (QED) is 0.875. The first-order chi connectivity index (χ1) is 9.10. The SMILES string of the molecule is CC[C@H](O)CN1CCN(C(=O)c2cc(Br)c[nH]2)CC1. The Kier molecular flexibility index (Phi) is 5.01. The predicted octanol–water partition coefficient (Wildman–Crippen LogP) is 1.31. The van der Waals surface area contributed by atoms with E-state index in [1.165, 1.54) is 0 Å². The van der Waals surface area contributed by atoms with E-state index in [1.54, 1.807) is 12.3 Å². The normalized spacial score (nSPS) is 18.6. The van der Waals surface area contributed by atoms with Crippen LogP contribution in [-0.4, -0.2) is 64.6 Å². The molecule has 106 valence electrons. The van der Waals surface area contributed by atoms with Crippen LogP contribution in [0.2, 0.25) is 0 Å². The Bertz CT molecular complexity index is 427. The lowest BCUT2D eigenvalue weighted by atomic mass is 10.2. The molecule has 2 N–H and O–H groups in total. The van der Waals surface area contributed by atoms with Gasteiger partial charge in [-0.15, -0.1) is 0 Å². The second-order valence-electron chi connectivity index (χ2n) is 4.89. The maximum atomic E-state index is 12.2. The second kappa shape index (κ2) is 6.54. The summed E-state index contributed by atoms with van der Waals surface area (Å²) in [5.74, 6) is 0.0430. The summed E-state index contributed by atoms with van der Waals surface area (Å²) < 4.78 is 0.889. The summed E-state index contributed by atoms with van der Waals surface area (Å²) in [7, 11) is 0. The van der Waals surface area contributed by atoms with Crippen molar-refractivity contribution in [3.05, 3.63) is 22.4 Å². The third-order valence-corrected chi connectivity index (χ3v) is 3.94. The van der Waals surface area contributed by atoms with Crippen molar-refractivity contribution in [2.45, 2.75) is 19.4 Å². The summed E-state index contributed by atoms with van der Waals surface area (Å²) in [6.07, 6.45) is 2.28. The van der Waals surface area contributed by atoms with Gasteiger partial charge in [0.2, 0.25) is 0 Å². The van der Waals surface area contributed by atoms with Crippen molar-refractivity contribution in [3.63, 3.8) is 0 Å². The molecule has 19 heavy (non-hydrogen) atoms. The number of aromatic nitrogens is 1. The monoisotopic (exact) mass is 329 g/mol. The molecule has 0 radical (unpaired) electrons. The minimum Gasteiger partial charge on any atom is -0.392 e. The molecule has 6 heteroatoms. The number of nitrogens with zero attached hydrogens (tertiary/aromatic N) is 2. The molecule has 1 aliphatic heterocycles. The number of piperazine rings is 1. The Balaban J connectivity index is 1.84. The largest absolute Gasteiger partial charge is 0.392 e. The number of rotatable bonds is 4. The molecule has 0 bridgehead atoms. The number of hydrogen-bond donors (Lipinski definition) is 2. The van der Waals surface area contributed by atoms with E-state index in [4.69, 9.17) is 0 Å². The molecule has 1 fully saturated rings. The first-order valence-electron chi connectivity index (χ1n) is 6.63. The number of β-amino-alcohol motifs (C(OH)–C–C–N with tert-alkyl or cyclic N) is 1. The van der Waals surface area contributed by atoms with E-state index in [9.17, 15) is 9.90 Å². The standard InChI is InChI=1S/C13H20BrN3O2/c1-2-11(18)9-16-3-5-17(6-4-16)13(19)12-7-10(14)8-15-12/h7-8,11,15,18H,2-6,9H2,1H3/t11-/m0/s1. The van der Waals surface area contributed by atoms with Gasteiger partial charge in [-0.25, -0.2) is 0 Å². The maximum Gasteiger partial charge on any atom is 0.270 e. The lowest BCUT2D eigenvalue weighted by molar-refractivity contribution is 0.0520. The Morgan fingerprint density at radius 1 is 1.47 bits per heavy atom. The first kappa shape index (κ1) is 14.6. The minimum atomic E-state index is -0.262. The fraction of sp³-hybridized carbons (Fsp3) is 0.615. The van der Waals surface area contributed by atoms with Crippen LogP contribution in [0, 0.1) is 0 Å². The maximum absolute atomic E-state index is 12.2. The zero-order chi connectivity index (χ0) is 13.8. The molecule has 0 saturated carbocycles. The van der Waals surface area contributed by atoms with Crippen molar-refractivity contribution in [2.24, 2.45) is 0 Å². The summed E-state index contributed by atoms with van der Waals surface area (Å²) in [5.41, 5.74) is 0.619. The Hall–Kier alpha value is -0.850. The number of halogens is 1. The van der Waals surface area contributed by atoms with E-state index in [0.29, 0.717) is 25.3 Å². The van der Waals surface area contributed by atoms with Gasteiger partial charge in [-0.05, 0) is 28.4 Å². The van der Waals surface area contributed by atoms with Crippen LogP contribution in [0.25, 0.3) is 0 Å². The fourth-order valence-electron chi connectivity index (χ4n) is 2.22. The molecule has 1 aliphatic rings. The molecule has 0 unspecified atom stereocenters. The highest BCUT2D eigenvalue weighted by Gasteiger charge is 2.23. The molecule has 0 spiro atoms. The molecule has 1 aromatic rings. The van der Waals surface area contributed by atoms with Gasteiger partial charge in [-0.2, -0.15) is 0 Å². The van der Waals surface area contributed by atoms with E-state index in [1.807, 2.05) is 11.8 Å². The number of carbonyl (C=O) groups excluding carboxylic acids is 1. The van der Waals surface area contributed by atoms with Gasteiger partial charge in [0, 0.05) is 43.4 Å². The number of hydrogen-bond acceptors (Lipinski definition) is 3. The molecule has 1 atom stereocenters. The second-order valence-corrected chi connectivity index (χ2v) is 5.80. The van der Waals surface area contributed by atoms with Crippen LogP contribution in [0.3, 0.4) is 0 Å². The highest BCUT2D eigenvalue weighted by molar-refractivity contribution is 9.10. The number of nitrogens with one attached hydrogen (secondary N) is 1. The van der Waals surface area contributed by atoms with Crippen molar-refractivity contribution >= 4 is 21.8 Å². The number of aromatic amines is 1. The van der Waals surface area contributed by atoms with E-state index < -0.39 is 0 Å². The number of aliphatic hydroxyl groups excluding tert-OH is 1. The Labute approximate surface area is 121 Å². The van der Waals surface area contributed by atoms with Gasteiger partial charge in [-0.3, -0.25) is 9.69 Å². The molecule has 5 nitrogen and oxygen atoms in total. The molecule has 0 aromatic carbocycles. The zero-order valence-corrected chi connectivity index (χ0v) is 12.7. The van der Waals surface area contributed by atoms with Crippen LogP contribution < -0.4 is 0 Å². The Morgan fingerprint density at radius 3 is 2.68 bits per heavy atom. The van der Waals surface area contributed by atoms with E-state index in [0.717, 1.165) is 24.0 Å². The number of H-pyrrole nitrogens is 1. The van der Waals surface area contributed by atoms with Gasteiger partial charge in [0.15, 0.2) is 0 Å². The highest BCUT2D eigenvalue weighted by Crippen LogP contribution is 2.14. The van der Waals surface area contributed by atoms with Crippen LogP contribution in [0.4, 0.5) is 0 Å². The summed E-state index contributed by atoms with van der Waals surface area (Å²) in [6.45, 7) is 5.76. The number of carbonyl (C=O) groups is 1. The van der Waals surface area contributed by atoms with Crippen molar-refractivity contribution in [2.75, 3.05) is 32.7 Å². The predicted molar refractivity (Wildman–Crippen MR) is 77.1 cm³/mol. The van der Waals surface area contributed by atoms with Crippen LogP contribution in [0.15, 0.2) is 16.7 Å². The zero-order valence-electron chi connectivity index (χ0n) is 11.1. The lowest BCUT2D eigenvalue weighted by Crippen LogP contribution is -2.50. The van der Waals surface area contributed by atoms with Crippen molar-refractivity contribution in [1.82, 2.24) is 14.8 Å². The van der Waals surface area contributed by atoms with Crippen LogP contribution in [0.5, 0.6) is 0 Å². The average molecular weight is 330 g/mol. The van der Waals surface area contributed by atoms with E-state index in [-0.39, 0.29) is 12.0 Å². The molecule has 2 heterocycles. The molecule has 1 amide bonds. The summed E-state index contributed by atoms with van der Waals surface area (Å²) in [6, 6.07) is 1.80. The highest BCUT2D eigenvalue weighted by atomic mass is 79.9. The van der Waals surface area contributed by atoms with Crippen molar-refractivity contribution in [1.29, 1.82) is 0 Å². The summed E-state index contributed by atoms with van der Waals surface area (Å²) in [4.78, 5) is 19.2. The van der Waals surface area contributed by atoms with Crippen LogP contribution in [-0.2, 0) is 0 Å². The van der Waals surface area contributed by atoms with Gasteiger partial charge in [0.25, 0.3) is 5.91 Å². The van der Waals surface area contributed by atoms with Crippen molar-refractivity contribution < 1.29 is 9.90 Å². The van der Waals surface area contributed by atoms with Gasteiger partial charge in [0.05, 0.1) is 6.10 Å². The molecular formula is C13H20BrN3O2. The van der Waals surface area contributed by atoms with E-state index >= 15 is 0 Å². The van der Waals surface area contributed by atoms with Gasteiger partial charge >= 0.3 is 0 Å². The molecule has 1 saturated heterocycles. The topological polar surface area (TPSA) is 59.6 Å². The lowest BCUT2D eigenvalue weighted by Gasteiger charge is -2.35. The average Bonchev–Trinajstić information content (AvgIpc) is 2.85. The number of amides is 1. The summed E-state index contributed by atoms with van der Waals surface area (Å²) >= 11 is 3.33. The summed E-state index contributed by atoms with van der Waals surface area (Å²) in [5, 5.41) is 9.63. The van der Waals surface area contributed by atoms with Gasteiger partial charge < -0.3 is 15.0 Å². The van der Waals surface area contributed by atoms with E-state index in [2.05, 4.69) is 25.8 Å². The molecule has 1 aromatic heterocycles. The first-order valence-corrected chi connectivity index (χ1v) is 7.43. The van der Waals surface area contributed by atoms with Crippen LogP contribution >= 0.6 is 15.9 Å². The van der Waals surface area contributed by atoms with Crippen molar-refractivity contribution in [3.8, 4) is 0 Å². The molecule has 0 aliphatic carbocycles. The molecule has 2 rings (SSSR count). The fourth-order valence-corrected chi connectivity index (χ4v) is 2.57. The smallest absolute Gasteiger partial charge is 0.270 e. The third kappa shape index (κ3) is 3.81. The Morgan fingerprint density at radius 2 is 2.16 bits per heavy atom. The minimum absolute atomic E-state index is 0.0430. The van der Waals surface area contributed by atoms with Crippen LogP contribution in [0.1, 0.15) is 23.8 Å². The van der Waals surface area contributed by atoms with Gasteiger partial charge in [0.1, 0.15) is 5.69 Å². The molecular weight excluding hydrogens is 310 g/mol. The number of aliphatic hydroxyl groups is 1. The third-order valence-electron chi connectivity index (χ3n) is 3.48. The van der Waals surface area contributed by atoms with Gasteiger partial charge in [-0.1, -0.05) is 6.92 Å².